The van der Waals surface area contributed by atoms with Crippen molar-refractivity contribution in [1.29, 1.82) is 0 Å². The minimum absolute atomic E-state index is 0. The molecule has 0 bridgehead atoms. The Morgan fingerprint density at radius 2 is 1.34 bits per heavy atom. The standard InChI is InChI=1S/C21H25.C13H21.C7H6.2ClH.Zr/c1-20(2,3)16-9-7-14-11-15-8-10-17(21(4,5)6)13-19(15)18(14)12-16;1-6-10-8-11(7-2)12(9-10)13(3,4)5;1-7-5-3-2-4-6-7;;;/h7,9-10,12-13H,11H2,1-6H3;9-10H,6-7H2,1-5H3;1-6H;2*1H;/q;;;;;+2/p-2. The van der Waals surface area contributed by atoms with E-state index in [9.17, 15) is 0 Å². The van der Waals surface area contributed by atoms with Crippen LogP contribution in [0.2, 0.25) is 0 Å². The normalized spacial score (nSPS) is 16.2. The first kappa shape index (κ1) is 36.9. The van der Waals surface area contributed by atoms with Gasteiger partial charge in [-0.05, 0) is 0 Å². The van der Waals surface area contributed by atoms with E-state index in [1.54, 1.807) is 20.0 Å². The fourth-order valence-corrected chi connectivity index (χ4v) is 15.1. The Kier molecular flexibility index (Phi) is 11.5. The smallest absolute Gasteiger partial charge is 1.00 e. The second kappa shape index (κ2) is 13.7. The van der Waals surface area contributed by atoms with Gasteiger partial charge in [0.2, 0.25) is 0 Å². The Morgan fingerprint density at radius 3 is 1.89 bits per heavy atom. The van der Waals surface area contributed by atoms with Crippen molar-refractivity contribution in [2.45, 2.75) is 106 Å². The van der Waals surface area contributed by atoms with Gasteiger partial charge in [0.1, 0.15) is 0 Å². The van der Waals surface area contributed by atoms with E-state index >= 15 is 0 Å². The van der Waals surface area contributed by atoms with E-state index in [2.05, 4.69) is 147 Å². The van der Waals surface area contributed by atoms with E-state index in [4.69, 9.17) is 0 Å². The van der Waals surface area contributed by atoms with E-state index < -0.39 is 21.3 Å². The van der Waals surface area contributed by atoms with E-state index in [0.717, 1.165) is 12.8 Å². The number of hydrogen-bond acceptors (Lipinski definition) is 0. The molecule has 3 aromatic carbocycles. The Labute approximate surface area is 288 Å². The Hall–Kier alpha value is -1.53. The molecule has 5 rings (SSSR count). The van der Waals surface area contributed by atoms with Gasteiger partial charge >= 0.3 is 266 Å². The number of fused-ring (bicyclic) bond motifs is 3. The van der Waals surface area contributed by atoms with Crippen LogP contribution >= 0.6 is 0 Å². The molecule has 2 aliphatic carbocycles. The van der Waals surface area contributed by atoms with Crippen LogP contribution < -0.4 is 28.1 Å². The fraction of sp³-hybridized carbons (Fsp3) is 0.439. The predicted octanol–water partition coefficient (Wildman–Crippen LogP) is 4.63. The molecule has 44 heavy (non-hydrogen) atoms. The molecule has 3 aromatic rings. The number of allylic oxidation sites excluding steroid dienone is 4. The van der Waals surface area contributed by atoms with Crippen LogP contribution in [0, 0.1) is 11.3 Å². The average molecular weight is 707 g/mol. The van der Waals surface area contributed by atoms with Crippen molar-refractivity contribution < 1.29 is 46.1 Å². The van der Waals surface area contributed by atoms with Gasteiger partial charge in [-0.1, -0.05) is 0 Å². The summed E-state index contributed by atoms with van der Waals surface area (Å²) in [7, 11) is 0. The van der Waals surface area contributed by atoms with Gasteiger partial charge in [-0.3, -0.25) is 0 Å². The topological polar surface area (TPSA) is 0 Å². The quantitative estimate of drug-likeness (QED) is 0.284. The summed E-state index contributed by atoms with van der Waals surface area (Å²) in [5, 5.41) is 0. The molecule has 0 spiro atoms. The first-order valence-electron chi connectivity index (χ1n) is 16.2. The van der Waals surface area contributed by atoms with Gasteiger partial charge in [-0.25, -0.2) is 0 Å². The minimum Gasteiger partial charge on any atom is -1.00 e. The summed E-state index contributed by atoms with van der Waals surface area (Å²) < 4.78 is 6.32. The molecule has 1 unspecified atom stereocenters. The zero-order chi connectivity index (χ0) is 30.6. The third-order valence-corrected chi connectivity index (χ3v) is 16.6. The molecule has 1 atom stereocenters. The van der Waals surface area contributed by atoms with Crippen molar-refractivity contribution in [2.24, 2.45) is 11.3 Å². The Balaban J connectivity index is 0.00000264. The number of hydrogen-bond donors (Lipinski definition) is 0. The van der Waals surface area contributed by atoms with Crippen LogP contribution in [0.3, 0.4) is 0 Å². The van der Waals surface area contributed by atoms with Gasteiger partial charge in [-0.2, -0.15) is 0 Å². The van der Waals surface area contributed by atoms with Gasteiger partial charge in [-0.15, -0.1) is 0 Å². The number of benzene rings is 3. The van der Waals surface area contributed by atoms with Crippen molar-refractivity contribution in [1.82, 2.24) is 0 Å². The van der Waals surface area contributed by atoms with Crippen LogP contribution in [0.25, 0.3) is 11.1 Å². The first-order valence-corrected chi connectivity index (χ1v) is 20.1. The molecule has 234 valence electrons. The van der Waals surface area contributed by atoms with Crippen molar-refractivity contribution in [2.75, 3.05) is 0 Å². The number of rotatable bonds is 5. The summed E-state index contributed by atoms with van der Waals surface area (Å²) in [5.74, 6) is 0.550. The van der Waals surface area contributed by atoms with Gasteiger partial charge in [0.15, 0.2) is 0 Å². The fourth-order valence-electron chi connectivity index (χ4n) is 6.95. The summed E-state index contributed by atoms with van der Waals surface area (Å²) >= 11 is -2.58. The molecule has 0 aromatic heterocycles. The summed E-state index contributed by atoms with van der Waals surface area (Å²) in [6, 6.07) is 23.8. The SMILES string of the molecule is CCC1=[C](/[Zr+2](=[CH]/c2ccccc2)[c]2cc(C(C)(C)C)cc3c2Cc2ccc(C(C)(C)C)cc2-3)C(CC)C=C1C(C)(C)C.[Cl-].[Cl-]. The minimum atomic E-state index is -2.58. The van der Waals surface area contributed by atoms with Crippen molar-refractivity contribution in [3.63, 3.8) is 0 Å². The summed E-state index contributed by atoms with van der Waals surface area (Å²) in [6.45, 7) is 26.2. The largest absolute Gasteiger partial charge is 1.00 e. The molecule has 0 saturated heterocycles. The third kappa shape index (κ3) is 7.22. The van der Waals surface area contributed by atoms with Crippen LogP contribution in [0.15, 0.2) is 81.2 Å². The van der Waals surface area contributed by atoms with Crippen LogP contribution in [-0.4, -0.2) is 3.71 Å². The predicted molar refractivity (Wildman–Crippen MR) is 182 cm³/mol. The molecule has 0 heterocycles. The maximum atomic E-state index is 2.78. The Bertz CT molecular complexity index is 1600. The maximum Gasteiger partial charge on any atom is -1.00 e. The maximum absolute atomic E-state index is 2.78. The van der Waals surface area contributed by atoms with E-state index in [1.165, 1.54) is 39.8 Å². The average Bonchev–Trinajstić information content (AvgIpc) is 3.49. The molecule has 0 fully saturated rings. The molecule has 0 radical (unpaired) electrons. The van der Waals surface area contributed by atoms with E-state index in [1.807, 2.05) is 3.28 Å². The molecule has 0 aliphatic heterocycles. The van der Waals surface area contributed by atoms with Crippen LogP contribution in [0.5, 0.6) is 0 Å². The molecule has 0 saturated carbocycles. The van der Waals surface area contributed by atoms with Crippen LogP contribution in [0.4, 0.5) is 0 Å². The second-order valence-corrected chi connectivity index (χ2v) is 21.0. The van der Waals surface area contributed by atoms with Crippen molar-refractivity contribution >= 4 is 6.98 Å². The summed E-state index contributed by atoms with van der Waals surface area (Å²) in [4.78, 5) is 0. The third-order valence-electron chi connectivity index (χ3n) is 9.43. The van der Waals surface area contributed by atoms with E-state index in [-0.39, 0.29) is 41.1 Å². The van der Waals surface area contributed by atoms with Gasteiger partial charge in [0, 0.05) is 0 Å². The molecule has 3 heteroatoms. The van der Waals surface area contributed by atoms with Crippen LogP contribution in [-0.2, 0) is 38.5 Å². The molecule has 0 amide bonds. The summed E-state index contributed by atoms with van der Waals surface area (Å²) in [5.41, 5.74) is 14.1. The van der Waals surface area contributed by atoms with E-state index in [0.29, 0.717) is 5.92 Å². The van der Waals surface area contributed by atoms with Crippen molar-refractivity contribution in [3.8, 4) is 11.1 Å². The van der Waals surface area contributed by atoms with Crippen LogP contribution in [0.1, 0.15) is 117 Å². The molecular weight excluding hydrogens is 655 g/mol. The van der Waals surface area contributed by atoms with Crippen molar-refractivity contribution in [3.05, 3.63) is 109 Å². The molecule has 0 nitrogen and oxygen atoms in total. The molecule has 0 N–H and O–H groups in total. The van der Waals surface area contributed by atoms with Gasteiger partial charge in [0.05, 0.1) is 0 Å². The monoisotopic (exact) mass is 704 g/mol. The zero-order valence-corrected chi connectivity index (χ0v) is 32.9. The Morgan fingerprint density at radius 1 is 0.727 bits per heavy atom. The van der Waals surface area contributed by atoms with Gasteiger partial charge < -0.3 is 24.8 Å². The zero-order valence-electron chi connectivity index (χ0n) is 28.9. The molecule has 2 aliphatic rings. The van der Waals surface area contributed by atoms with Gasteiger partial charge in [0.25, 0.3) is 0 Å². The summed E-state index contributed by atoms with van der Waals surface area (Å²) in [6.07, 6.45) is 6.04. The second-order valence-electron chi connectivity index (χ2n) is 15.7. The molecular formula is C41H52Cl2Zr. The number of halogens is 2. The first-order chi connectivity index (χ1) is 19.6.